The average Bonchev–Trinajstić information content (AvgIpc) is 2.14. The van der Waals surface area contributed by atoms with Gasteiger partial charge in [0.1, 0.15) is 23.7 Å². The van der Waals surface area contributed by atoms with Crippen molar-refractivity contribution in [2.45, 2.75) is 6.18 Å². The van der Waals surface area contributed by atoms with E-state index >= 15 is 0 Å². The van der Waals surface area contributed by atoms with Crippen LogP contribution in [0, 0.1) is 5.82 Å². The van der Waals surface area contributed by atoms with Crippen LogP contribution in [0.5, 0.6) is 5.75 Å². The molecule has 1 aromatic carbocycles. The molecule has 0 aliphatic rings. The summed E-state index contributed by atoms with van der Waals surface area (Å²) in [5, 5.41) is 0. The summed E-state index contributed by atoms with van der Waals surface area (Å²) in [5.41, 5.74) is -1.23. The van der Waals surface area contributed by atoms with Gasteiger partial charge in [0.2, 0.25) is 0 Å². The van der Waals surface area contributed by atoms with Gasteiger partial charge in [0.25, 0.3) is 0 Å². The molecule has 6 heteroatoms. The molecule has 0 spiro atoms. The van der Waals surface area contributed by atoms with Crippen molar-refractivity contribution in [3.63, 3.8) is 0 Å². The summed E-state index contributed by atoms with van der Waals surface area (Å²) >= 11 is 0. The van der Waals surface area contributed by atoms with Crippen molar-refractivity contribution >= 4 is 6.29 Å². The Morgan fingerprint density at radius 3 is 2.53 bits per heavy atom. The average molecular weight is 222 g/mol. The van der Waals surface area contributed by atoms with Crippen LogP contribution < -0.4 is 4.74 Å². The Kier molecular flexibility index (Phi) is 3.28. The Hall–Kier alpha value is -1.59. The van der Waals surface area contributed by atoms with E-state index in [2.05, 4.69) is 4.74 Å². The van der Waals surface area contributed by atoms with Crippen molar-refractivity contribution < 1.29 is 27.1 Å². The lowest BCUT2D eigenvalue weighted by Crippen LogP contribution is -2.10. The normalized spacial score (nSPS) is 11.2. The molecule has 2 nitrogen and oxygen atoms in total. The molecule has 0 aliphatic heterocycles. The first-order chi connectivity index (χ1) is 6.95. The van der Waals surface area contributed by atoms with Crippen LogP contribution >= 0.6 is 0 Å². The molecule has 0 unspecified atom stereocenters. The smallest absolute Gasteiger partial charge is 0.420 e. The lowest BCUT2D eigenvalue weighted by Gasteiger charge is -2.12. The van der Waals surface area contributed by atoms with E-state index in [0.29, 0.717) is 12.4 Å². The lowest BCUT2D eigenvalue weighted by molar-refractivity contribution is -0.139. The van der Waals surface area contributed by atoms with Gasteiger partial charge in [-0.2, -0.15) is 13.2 Å². The second kappa shape index (κ2) is 4.29. The van der Waals surface area contributed by atoms with Crippen molar-refractivity contribution in [1.29, 1.82) is 0 Å². The number of aldehydes is 1. The van der Waals surface area contributed by atoms with E-state index < -0.39 is 29.9 Å². The number of benzene rings is 1. The molecule has 0 aromatic heterocycles. The number of carbonyl (C=O) groups excluding carboxylic acids is 1. The van der Waals surface area contributed by atoms with Gasteiger partial charge in [-0.3, -0.25) is 4.79 Å². The fourth-order valence-corrected chi connectivity index (χ4v) is 0.973. The van der Waals surface area contributed by atoms with Crippen LogP contribution in [0.4, 0.5) is 17.6 Å². The van der Waals surface area contributed by atoms with E-state index in [9.17, 15) is 22.4 Å². The van der Waals surface area contributed by atoms with Gasteiger partial charge in [-0.25, -0.2) is 4.39 Å². The molecular weight excluding hydrogens is 216 g/mol. The molecule has 82 valence electrons. The molecule has 15 heavy (non-hydrogen) atoms. The summed E-state index contributed by atoms with van der Waals surface area (Å²) in [6, 6.07) is 1.98. The summed E-state index contributed by atoms with van der Waals surface area (Å²) in [5.74, 6) is -1.57. The summed E-state index contributed by atoms with van der Waals surface area (Å²) < 4.78 is 54.0. The number of halogens is 4. The molecule has 0 aliphatic carbocycles. The number of carbonyl (C=O) groups is 1. The van der Waals surface area contributed by atoms with Crippen LogP contribution in [0.15, 0.2) is 18.2 Å². The van der Waals surface area contributed by atoms with Crippen molar-refractivity contribution in [1.82, 2.24) is 0 Å². The minimum atomic E-state index is -4.71. The van der Waals surface area contributed by atoms with E-state index in [1.165, 1.54) is 0 Å². The Labute approximate surface area is 82.5 Å². The van der Waals surface area contributed by atoms with Gasteiger partial charge in [0.05, 0.1) is 0 Å². The van der Waals surface area contributed by atoms with Crippen LogP contribution in [0.1, 0.15) is 5.56 Å². The highest BCUT2D eigenvalue weighted by Crippen LogP contribution is 2.36. The fraction of sp³-hybridized carbons (Fsp3) is 0.222. The molecule has 1 rings (SSSR count). The van der Waals surface area contributed by atoms with Crippen molar-refractivity contribution in [2.24, 2.45) is 0 Å². The molecule has 0 bridgehead atoms. The van der Waals surface area contributed by atoms with Gasteiger partial charge in [-0.15, -0.1) is 0 Å². The Bertz CT molecular complexity index is 360. The Morgan fingerprint density at radius 2 is 2.00 bits per heavy atom. The number of hydrogen-bond acceptors (Lipinski definition) is 2. The largest absolute Gasteiger partial charge is 0.486 e. The SMILES string of the molecule is O=CCOc1ccc(F)cc1C(F)(F)F. The van der Waals surface area contributed by atoms with E-state index in [0.717, 1.165) is 12.1 Å². The topological polar surface area (TPSA) is 26.3 Å². The van der Waals surface area contributed by atoms with E-state index in [4.69, 9.17) is 0 Å². The third-order valence-electron chi connectivity index (χ3n) is 1.55. The molecular formula is C9H6F4O2. The second-order valence-corrected chi connectivity index (χ2v) is 2.62. The molecule has 0 heterocycles. The minimum absolute atomic E-state index is 0.309. The van der Waals surface area contributed by atoms with Crippen molar-refractivity contribution in [2.75, 3.05) is 6.61 Å². The Morgan fingerprint density at radius 1 is 1.33 bits per heavy atom. The third-order valence-corrected chi connectivity index (χ3v) is 1.55. The van der Waals surface area contributed by atoms with Gasteiger partial charge in [-0.05, 0) is 18.2 Å². The molecule has 1 aromatic rings. The maximum atomic E-state index is 12.6. The van der Waals surface area contributed by atoms with Crippen molar-refractivity contribution in [3.8, 4) is 5.75 Å². The maximum absolute atomic E-state index is 12.6. The van der Waals surface area contributed by atoms with Crippen molar-refractivity contribution in [3.05, 3.63) is 29.6 Å². The number of ether oxygens (including phenoxy) is 1. The predicted molar refractivity (Wildman–Crippen MR) is 43.0 cm³/mol. The highest BCUT2D eigenvalue weighted by molar-refractivity contribution is 5.52. The molecule has 0 amide bonds. The zero-order valence-corrected chi connectivity index (χ0v) is 7.34. The van der Waals surface area contributed by atoms with Gasteiger partial charge >= 0.3 is 6.18 Å². The summed E-state index contributed by atoms with van der Waals surface area (Å²) in [4.78, 5) is 9.93. The zero-order valence-electron chi connectivity index (χ0n) is 7.34. The number of rotatable bonds is 3. The monoisotopic (exact) mass is 222 g/mol. The summed E-state index contributed by atoms with van der Waals surface area (Å²) in [6.07, 6.45) is -4.40. The molecule has 0 fully saturated rings. The quantitative estimate of drug-likeness (QED) is 0.579. The van der Waals surface area contributed by atoms with Crippen LogP contribution in [0.25, 0.3) is 0 Å². The standard InChI is InChI=1S/C9H6F4O2/c10-6-1-2-8(15-4-3-14)7(5-6)9(11,12)13/h1-3,5H,4H2. The first-order valence-electron chi connectivity index (χ1n) is 3.88. The number of hydrogen-bond donors (Lipinski definition) is 0. The molecule has 0 saturated heterocycles. The third kappa shape index (κ3) is 2.93. The molecule has 0 radical (unpaired) electrons. The summed E-state index contributed by atoms with van der Waals surface area (Å²) in [6.45, 7) is -0.505. The minimum Gasteiger partial charge on any atom is -0.486 e. The van der Waals surface area contributed by atoms with E-state index in [-0.39, 0.29) is 0 Å². The highest BCUT2D eigenvalue weighted by Gasteiger charge is 2.34. The Balaban J connectivity index is 3.09. The van der Waals surface area contributed by atoms with Crippen LogP contribution in [0.2, 0.25) is 0 Å². The lowest BCUT2D eigenvalue weighted by atomic mass is 10.2. The molecule has 0 atom stereocenters. The first kappa shape index (κ1) is 11.5. The predicted octanol–water partition coefficient (Wildman–Crippen LogP) is 2.42. The molecule has 0 N–H and O–H groups in total. The maximum Gasteiger partial charge on any atom is 0.420 e. The van der Waals surface area contributed by atoms with Gasteiger partial charge in [0, 0.05) is 0 Å². The van der Waals surface area contributed by atoms with E-state index in [1.54, 1.807) is 0 Å². The van der Waals surface area contributed by atoms with Crippen LogP contribution in [0.3, 0.4) is 0 Å². The summed E-state index contributed by atoms with van der Waals surface area (Å²) in [7, 11) is 0. The molecule has 0 saturated carbocycles. The van der Waals surface area contributed by atoms with Gasteiger partial charge in [0.15, 0.2) is 6.29 Å². The van der Waals surface area contributed by atoms with Gasteiger partial charge < -0.3 is 4.74 Å². The van der Waals surface area contributed by atoms with E-state index in [1.807, 2.05) is 0 Å². The van der Waals surface area contributed by atoms with Gasteiger partial charge in [-0.1, -0.05) is 0 Å². The second-order valence-electron chi connectivity index (χ2n) is 2.62. The fourth-order valence-electron chi connectivity index (χ4n) is 0.973. The van der Waals surface area contributed by atoms with Crippen LogP contribution in [-0.2, 0) is 11.0 Å². The zero-order chi connectivity index (χ0) is 11.5. The van der Waals surface area contributed by atoms with Crippen LogP contribution in [-0.4, -0.2) is 12.9 Å². The highest BCUT2D eigenvalue weighted by atomic mass is 19.4. The number of alkyl halides is 3. The first-order valence-corrected chi connectivity index (χ1v) is 3.88.